The van der Waals surface area contributed by atoms with Gasteiger partial charge in [0.05, 0.1) is 66.6 Å². The molecule has 0 atom stereocenters. The van der Waals surface area contributed by atoms with E-state index in [2.05, 4.69) is 33.4 Å². The van der Waals surface area contributed by atoms with Gasteiger partial charge in [0, 0.05) is 68.4 Å². The average Bonchev–Trinajstić information content (AvgIpc) is 3.73. The molecule has 2 aromatic carbocycles. The summed E-state index contributed by atoms with van der Waals surface area (Å²) in [5, 5.41) is 2.04. The van der Waals surface area contributed by atoms with Gasteiger partial charge in [0.25, 0.3) is 10.1 Å². The summed E-state index contributed by atoms with van der Waals surface area (Å²) in [5.74, 6) is 1.58. The van der Waals surface area contributed by atoms with Gasteiger partial charge >= 0.3 is 0 Å². The van der Waals surface area contributed by atoms with E-state index >= 15 is 0 Å². The van der Waals surface area contributed by atoms with Crippen LogP contribution in [0.25, 0.3) is 21.6 Å². The Bertz CT molecular complexity index is 2060. The van der Waals surface area contributed by atoms with Gasteiger partial charge < -0.3 is 19.4 Å². The highest BCUT2D eigenvalue weighted by molar-refractivity contribution is 7.88. The van der Waals surface area contributed by atoms with Crippen LogP contribution in [0.1, 0.15) is 16.0 Å². The molecule has 0 radical (unpaired) electrons. The van der Waals surface area contributed by atoms with Crippen molar-refractivity contribution in [3.63, 3.8) is 0 Å². The van der Waals surface area contributed by atoms with E-state index < -0.39 is 20.1 Å². The number of morpholine rings is 1. The quantitative estimate of drug-likeness (QED) is 0.158. The fraction of sp³-hybridized carbons (Fsp3) is 0.471. The predicted octanol–water partition coefficient (Wildman–Crippen LogP) is 2.83. The topological polar surface area (TPSA) is 147 Å². The lowest BCUT2D eigenvalue weighted by Gasteiger charge is -2.32. The lowest BCUT2D eigenvalue weighted by Crippen LogP contribution is -2.47. The van der Waals surface area contributed by atoms with E-state index in [1.165, 1.54) is 23.3 Å². The number of thiophene rings is 1. The van der Waals surface area contributed by atoms with Gasteiger partial charge in [-0.05, 0) is 31.2 Å². The van der Waals surface area contributed by atoms with Gasteiger partial charge in [-0.1, -0.05) is 29.8 Å². The second-order valence-corrected chi connectivity index (χ2v) is 17.6. The minimum absolute atomic E-state index is 0.0697. The number of aryl methyl sites for hydroxylation is 1. The summed E-state index contributed by atoms with van der Waals surface area (Å²) >= 11 is 1.70. The molecule has 3 aliphatic rings. The lowest BCUT2D eigenvalue weighted by molar-refractivity contribution is 0.106. The number of nitrogens with zero attached hydrogens (tertiary/aromatic N) is 6. The van der Waals surface area contributed by atoms with E-state index in [-0.39, 0.29) is 18.1 Å². The second kappa shape index (κ2) is 15.4. The van der Waals surface area contributed by atoms with Crippen molar-refractivity contribution in [3.8, 4) is 11.4 Å². The summed E-state index contributed by atoms with van der Waals surface area (Å²) < 4.78 is 68.0. The van der Waals surface area contributed by atoms with Crippen LogP contribution >= 0.6 is 11.3 Å². The molecule has 0 unspecified atom stereocenters. The third kappa shape index (κ3) is 8.37. The molecule has 14 nitrogen and oxygen atoms in total. The fourth-order valence-electron chi connectivity index (χ4n) is 6.51. The number of benzene rings is 2. The largest absolute Gasteiger partial charge is 0.378 e. The van der Waals surface area contributed by atoms with Crippen LogP contribution in [0.2, 0.25) is 0 Å². The molecule has 0 bridgehead atoms. The standard InChI is InChI=1S/C34H43N7O7S3/c1-25-6-8-27(9-7-25)51(44,45)48-21-20-47-19-16-41-31-5-3-4-28(29(31)23-35-41)33-36-30-22-26(24-38-10-12-40(13-11-38)50(2,42)43)49-32(30)34(37-33)39-14-17-46-18-15-39/h3-9,22,35H,10-21,23-24H2,1-2H3. The van der Waals surface area contributed by atoms with E-state index in [1.807, 2.05) is 18.0 Å². The van der Waals surface area contributed by atoms with Gasteiger partial charge in [0.15, 0.2) is 11.6 Å². The molecular weight excluding hydrogens is 715 g/mol. The lowest BCUT2D eigenvalue weighted by atomic mass is 10.1. The van der Waals surface area contributed by atoms with Gasteiger partial charge in [-0.2, -0.15) is 12.7 Å². The summed E-state index contributed by atoms with van der Waals surface area (Å²) in [6.45, 7) is 9.35. The summed E-state index contributed by atoms with van der Waals surface area (Å²) in [6.07, 6.45) is 1.27. The third-order valence-corrected chi connectivity index (χ3v) is 13.0. The van der Waals surface area contributed by atoms with Gasteiger partial charge in [-0.25, -0.2) is 23.8 Å². The Balaban J connectivity index is 1.03. The molecule has 0 spiro atoms. The molecular formula is C34H43N7O7S3. The van der Waals surface area contributed by atoms with E-state index in [0.717, 1.165) is 58.0 Å². The highest BCUT2D eigenvalue weighted by Gasteiger charge is 2.27. The summed E-state index contributed by atoms with van der Waals surface area (Å²) in [6, 6.07) is 14.8. The molecule has 4 aromatic rings. The highest BCUT2D eigenvalue weighted by atomic mass is 32.2. The van der Waals surface area contributed by atoms with Crippen molar-refractivity contribution in [1.29, 1.82) is 0 Å². The Hall–Kier alpha value is -3.26. The van der Waals surface area contributed by atoms with Crippen molar-refractivity contribution < 1.29 is 30.5 Å². The number of sulfonamides is 1. The number of rotatable bonds is 13. The first-order chi connectivity index (χ1) is 24.5. The number of hydrazine groups is 1. The van der Waals surface area contributed by atoms with Crippen LogP contribution in [0.3, 0.4) is 0 Å². The van der Waals surface area contributed by atoms with Crippen molar-refractivity contribution in [3.05, 3.63) is 64.5 Å². The maximum atomic E-state index is 12.4. The molecule has 274 valence electrons. The molecule has 0 saturated carbocycles. The zero-order valence-corrected chi connectivity index (χ0v) is 31.2. The van der Waals surface area contributed by atoms with Gasteiger partial charge in [-0.3, -0.25) is 9.08 Å². The van der Waals surface area contributed by atoms with E-state index in [0.29, 0.717) is 64.9 Å². The first-order valence-electron chi connectivity index (χ1n) is 17.0. The fourth-order valence-corrected chi connectivity index (χ4v) is 9.38. The number of nitrogens with one attached hydrogen (secondary N) is 1. The normalized spacial score (nSPS) is 17.8. The number of aromatic nitrogens is 2. The third-order valence-electron chi connectivity index (χ3n) is 9.26. The van der Waals surface area contributed by atoms with Crippen LogP contribution < -0.4 is 15.3 Å². The molecule has 2 saturated heterocycles. The molecule has 2 fully saturated rings. The second-order valence-electron chi connectivity index (χ2n) is 12.8. The SMILES string of the molecule is Cc1ccc(S(=O)(=O)OCCOCCN2NCc3c(-c4nc(N5CCOCC5)c5sc(CN6CCN(S(C)(=O)=O)CC6)cc5n4)cccc32)cc1. The average molecular weight is 758 g/mol. The molecule has 5 heterocycles. The first kappa shape index (κ1) is 36.1. The Morgan fingerprint density at radius 3 is 2.43 bits per heavy atom. The van der Waals surface area contributed by atoms with Crippen LogP contribution in [0, 0.1) is 6.92 Å². The molecule has 1 N–H and O–H groups in total. The maximum Gasteiger partial charge on any atom is 0.297 e. The zero-order valence-electron chi connectivity index (χ0n) is 28.8. The minimum atomic E-state index is -3.83. The summed E-state index contributed by atoms with van der Waals surface area (Å²) in [5.41, 5.74) is 8.39. The molecule has 7 rings (SSSR count). The number of anilines is 2. The van der Waals surface area contributed by atoms with E-state index in [1.54, 1.807) is 27.8 Å². The van der Waals surface area contributed by atoms with Crippen LogP contribution in [-0.2, 0) is 46.9 Å². The number of fused-ring (bicyclic) bond motifs is 2. The van der Waals surface area contributed by atoms with Crippen LogP contribution in [0.5, 0.6) is 0 Å². The zero-order chi connectivity index (χ0) is 35.6. The molecule has 0 aliphatic carbocycles. The summed E-state index contributed by atoms with van der Waals surface area (Å²) in [4.78, 5) is 16.2. The van der Waals surface area contributed by atoms with Crippen molar-refractivity contribution in [1.82, 2.24) is 24.6 Å². The number of hydrogen-bond donors (Lipinski definition) is 1. The predicted molar refractivity (Wildman–Crippen MR) is 197 cm³/mol. The highest BCUT2D eigenvalue weighted by Crippen LogP contribution is 2.38. The monoisotopic (exact) mass is 757 g/mol. The van der Waals surface area contributed by atoms with Crippen molar-refractivity contribution >= 4 is 53.2 Å². The smallest absolute Gasteiger partial charge is 0.297 e. The maximum absolute atomic E-state index is 12.4. The van der Waals surface area contributed by atoms with Crippen LogP contribution in [0.4, 0.5) is 11.5 Å². The molecule has 3 aliphatic heterocycles. The van der Waals surface area contributed by atoms with Crippen molar-refractivity contribution in [2.45, 2.75) is 24.9 Å². The molecule has 2 aromatic heterocycles. The Morgan fingerprint density at radius 2 is 1.69 bits per heavy atom. The van der Waals surface area contributed by atoms with Crippen molar-refractivity contribution in [2.24, 2.45) is 0 Å². The minimum Gasteiger partial charge on any atom is -0.378 e. The molecule has 51 heavy (non-hydrogen) atoms. The van der Waals surface area contributed by atoms with Gasteiger partial charge in [-0.15, -0.1) is 11.3 Å². The molecule has 0 amide bonds. The Kier molecular flexibility index (Phi) is 10.9. The van der Waals surface area contributed by atoms with Crippen molar-refractivity contribution in [2.75, 3.05) is 95.0 Å². The number of ether oxygens (including phenoxy) is 2. The van der Waals surface area contributed by atoms with Crippen LogP contribution in [-0.4, -0.2) is 121 Å². The first-order valence-corrected chi connectivity index (χ1v) is 21.1. The summed E-state index contributed by atoms with van der Waals surface area (Å²) in [7, 11) is -7.02. The van der Waals surface area contributed by atoms with Gasteiger partial charge in [0.2, 0.25) is 10.0 Å². The number of piperazine rings is 1. The molecule has 17 heteroatoms. The van der Waals surface area contributed by atoms with Gasteiger partial charge in [0.1, 0.15) is 0 Å². The van der Waals surface area contributed by atoms with E-state index in [4.69, 9.17) is 23.6 Å². The van der Waals surface area contributed by atoms with Crippen LogP contribution in [0.15, 0.2) is 53.4 Å². The van der Waals surface area contributed by atoms with E-state index in [9.17, 15) is 16.8 Å². The Morgan fingerprint density at radius 1 is 0.922 bits per heavy atom. The number of hydrogen-bond acceptors (Lipinski definition) is 14. The Labute approximate surface area is 303 Å².